The molecule has 6 nitrogen and oxygen atoms in total. The zero-order chi connectivity index (χ0) is 19.5. The van der Waals surface area contributed by atoms with Crippen LogP contribution in [0, 0.1) is 0 Å². The molecule has 0 bridgehead atoms. The fourth-order valence-electron chi connectivity index (χ4n) is 2.60. The largest absolute Gasteiger partial charge is 0.469 e. The lowest BCUT2D eigenvalue weighted by atomic mass is 10.1. The van der Waals surface area contributed by atoms with Crippen LogP contribution in [0.1, 0.15) is 35.0 Å². The molecule has 0 unspecified atom stereocenters. The number of benzene rings is 1. The molecule has 0 saturated carbocycles. The van der Waals surface area contributed by atoms with E-state index in [0.717, 1.165) is 56.2 Å². The number of rotatable bonds is 9. The summed E-state index contributed by atoms with van der Waals surface area (Å²) in [5.74, 6) is 1.79. The molecule has 2 N–H and O–H groups in total. The van der Waals surface area contributed by atoms with Gasteiger partial charge in [0.25, 0.3) is 5.91 Å². The van der Waals surface area contributed by atoms with Crippen LogP contribution < -0.4 is 10.6 Å². The van der Waals surface area contributed by atoms with Gasteiger partial charge in [-0.25, -0.2) is 0 Å². The monoisotopic (exact) mass is 498 g/mol. The minimum Gasteiger partial charge on any atom is -0.469 e. The van der Waals surface area contributed by atoms with Crippen LogP contribution in [0.2, 0.25) is 0 Å². The van der Waals surface area contributed by atoms with Gasteiger partial charge in [-0.1, -0.05) is 19.1 Å². The summed E-state index contributed by atoms with van der Waals surface area (Å²) >= 11 is 0. The van der Waals surface area contributed by atoms with Crippen molar-refractivity contribution < 1.29 is 9.21 Å². The molecule has 2 aromatic rings. The molecule has 0 aliphatic heterocycles. The van der Waals surface area contributed by atoms with Crippen molar-refractivity contribution >= 4 is 35.8 Å². The Labute approximate surface area is 184 Å². The minimum atomic E-state index is 0. The lowest BCUT2D eigenvalue weighted by Crippen LogP contribution is -2.39. The SMILES string of the molecule is CCCN=C(NCCc1cccc(C(=O)N(C)C)c1)NCCc1ccco1.I. The van der Waals surface area contributed by atoms with Gasteiger partial charge in [0.05, 0.1) is 6.26 Å². The Kier molecular flexibility index (Phi) is 11.3. The Morgan fingerprint density at radius 3 is 2.50 bits per heavy atom. The maximum Gasteiger partial charge on any atom is 0.253 e. The van der Waals surface area contributed by atoms with E-state index in [1.165, 1.54) is 0 Å². The second-order valence-corrected chi connectivity index (χ2v) is 6.56. The van der Waals surface area contributed by atoms with Crippen LogP contribution in [0.4, 0.5) is 0 Å². The number of amides is 1. The molecule has 0 spiro atoms. The van der Waals surface area contributed by atoms with Crippen LogP contribution in [0.25, 0.3) is 0 Å². The maximum atomic E-state index is 12.1. The van der Waals surface area contributed by atoms with Crippen LogP contribution >= 0.6 is 24.0 Å². The summed E-state index contributed by atoms with van der Waals surface area (Å²) in [7, 11) is 3.53. The summed E-state index contributed by atoms with van der Waals surface area (Å²) in [6.45, 7) is 4.39. The molecule has 0 atom stereocenters. The Morgan fingerprint density at radius 2 is 1.86 bits per heavy atom. The third kappa shape index (κ3) is 8.33. The molecular formula is C21H31IN4O2. The van der Waals surface area contributed by atoms with Crippen molar-refractivity contribution in [1.82, 2.24) is 15.5 Å². The summed E-state index contributed by atoms with van der Waals surface area (Å²) < 4.78 is 5.35. The summed E-state index contributed by atoms with van der Waals surface area (Å²) in [5, 5.41) is 6.71. The van der Waals surface area contributed by atoms with Gasteiger partial charge >= 0.3 is 0 Å². The van der Waals surface area contributed by atoms with Gasteiger partial charge in [-0.05, 0) is 42.7 Å². The van der Waals surface area contributed by atoms with E-state index < -0.39 is 0 Å². The first kappa shape index (κ1) is 24.0. The first-order valence-electron chi connectivity index (χ1n) is 9.45. The highest BCUT2D eigenvalue weighted by Gasteiger charge is 2.08. The first-order chi connectivity index (χ1) is 13.1. The summed E-state index contributed by atoms with van der Waals surface area (Å²) in [4.78, 5) is 18.2. The number of nitrogens with one attached hydrogen (secondary N) is 2. The molecule has 154 valence electrons. The number of aliphatic imine (C=N–C) groups is 1. The zero-order valence-electron chi connectivity index (χ0n) is 16.9. The quantitative estimate of drug-likeness (QED) is 0.316. The molecule has 2 rings (SSSR count). The van der Waals surface area contributed by atoms with E-state index >= 15 is 0 Å². The average Bonchev–Trinajstić information content (AvgIpc) is 3.18. The second kappa shape index (κ2) is 13.2. The van der Waals surface area contributed by atoms with Gasteiger partial charge in [-0.15, -0.1) is 24.0 Å². The predicted molar refractivity (Wildman–Crippen MR) is 125 cm³/mol. The molecule has 28 heavy (non-hydrogen) atoms. The zero-order valence-corrected chi connectivity index (χ0v) is 19.2. The van der Waals surface area contributed by atoms with E-state index in [0.29, 0.717) is 5.56 Å². The van der Waals surface area contributed by atoms with Crippen molar-refractivity contribution in [3.8, 4) is 0 Å². The van der Waals surface area contributed by atoms with Gasteiger partial charge in [0.1, 0.15) is 5.76 Å². The lowest BCUT2D eigenvalue weighted by molar-refractivity contribution is 0.0827. The molecule has 0 saturated heterocycles. The van der Waals surface area contributed by atoms with Gasteiger partial charge in [0.15, 0.2) is 5.96 Å². The average molecular weight is 498 g/mol. The van der Waals surface area contributed by atoms with Crippen LogP contribution in [-0.2, 0) is 12.8 Å². The third-order valence-corrected chi connectivity index (χ3v) is 4.02. The van der Waals surface area contributed by atoms with Crippen LogP contribution in [-0.4, -0.2) is 50.5 Å². The molecule has 1 amide bonds. The van der Waals surface area contributed by atoms with E-state index in [-0.39, 0.29) is 29.9 Å². The molecule has 1 aromatic carbocycles. The molecule has 7 heteroatoms. The Bertz CT molecular complexity index is 730. The molecule has 0 aliphatic rings. The topological polar surface area (TPSA) is 69.9 Å². The van der Waals surface area contributed by atoms with E-state index in [1.54, 1.807) is 25.3 Å². The normalized spacial score (nSPS) is 10.9. The number of guanidine groups is 1. The standard InChI is InChI=1S/C21H30N4O2.HI/c1-4-12-22-21(24-14-11-19-9-6-15-27-19)23-13-10-17-7-5-8-18(16-17)20(26)25(2)3;/h5-9,15-16H,4,10-14H2,1-3H3,(H2,22,23,24);1H. The number of halogens is 1. The Balaban J connectivity index is 0.00000392. The third-order valence-electron chi connectivity index (χ3n) is 4.02. The summed E-state index contributed by atoms with van der Waals surface area (Å²) in [6, 6.07) is 11.6. The number of nitrogens with zero attached hydrogens (tertiary/aromatic N) is 2. The summed E-state index contributed by atoms with van der Waals surface area (Å²) in [5.41, 5.74) is 1.84. The van der Waals surface area contributed by atoms with Crippen molar-refractivity contribution in [3.05, 3.63) is 59.5 Å². The molecule has 0 fully saturated rings. The van der Waals surface area contributed by atoms with Gasteiger partial charge in [0.2, 0.25) is 0 Å². The molecule has 0 aliphatic carbocycles. The van der Waals surface area contributed by atoms with Crippen LogP contribution in [0.15, 0.2) is 52.1 Å². The summed E-state index contributed by atoms with van der Waals surface area (Å²) in [6.07, 6.45) is 4.32. The minimum absolute atomic E-state index is 0. The van der Waals surface area contributed by atoms with Crippen LogP contribution in [0.5, 0.6) is 0 Å². The van der Waals surface area contributed by atoms with Gasteiger partial charge in [0, 0.05) is 45.7 Å². The van der Waals surface area contributed by atoms with Crippen molar-refractivity contribution in [3.63, 3.8) is 0 Å². The molecule has 0 radical (unpaired) electrons. The molecular weight excluding hydrogens is 467 g/mol. The number of carbonyl (C=O) groups is 1. The molecule has 1 aromatic heterocycles. The highest BCUT2D eigenvalue weighted by molar-refractivity contribution is 14.0. The van der Waals surface area contributed by atoms with E-state index in [1.807, 2.05) is 36.4 Å². The Morgan fingerprint density at radius 1 is 1.11 bits per heavy atom. The smallest absolute Gasteiger partial charge is 0.253 e. The van der Waals surface area contributed by atoms with E-state index in [2.05, 4.69) is 22.5 Å². The Hall–Kier alpha value is -2.03. The lowest BCUT2D eigenvalue weighted by Gasteiger charge is -2.13. The van der Waals surface area contributed by atoms with Crippen molar-refractivity contribution in [2.45, 2.75) is 26.2 Å². The van der Waals surface area contributed by atoms with Gasteiger partial charge in [-0.2, -0.15) is 0 Å². The van der Waals surface area contributed by atoms with E-state index in [9.17, 15) is 4.79 Å². The maximum absolute atomic E-state index is 12.1. The van der Waals surface area contributed by atoms with E-state index in [4.69, 9.17) is 4.42 Å². The number of hydrogen-bond donors (Lipinski definition) is 2. The number of furan rings is 1. The van der Waals surface area contributed by atoms with Gasteiger partial charge in [-0.3, -0.25) is 9.79 Å². The van der Waals surface area contributed by atoms with Gasteiger partial charge < -0.3 is 20.0 Å². The van der Waals surface area contributed by atoms with Crippen LogP contribution in [0.3, 0.4) is 0 Å². The van der Waals surface area contributed by atoms with Crippen molar-refractivity contribution in [2.75, 3.05) is 33.7 Å². The second-order valence-electron chi connectivity index (χ2n) is 6.56. The highest BCUT2D eigenvalue weighted by atomic mass is 127. The molecule has 1 heterocycles. The fourth-order valence-corrected chi connectivity index (χ4v) is 2.60. The van der Waals surface area contributed by atoms with Crippen molar-refractivity contribution in [2.24, 2.45) is 4.99 Å². The number of carbonyl (C=O) groups excluding carboxylic acids is 1. The highest BCUT2D eigenvalue weighted by Crippen LogP contribution is 2.07. The fraction of sp³-hybridized carbons (Fsp3) is 0.429. The number of hydrogen-bond acceptors (Lipinski definition) is 3. The predicted octanol–water partition coefficient (Wildman–Crippen LogP) is 3.33. The van der Waals surface area contributed by atoms with Crippen molar-refractivity contribution in [1.29, 1.82) is 0 Å². The first-order valence-corrected chi connectivity index (χ1v) is 9.45.